The van der Waals surface area contributed by atoms with Crippen molar-refractivity contribution >= 4 is 23.7 Å². The number of amides is 3. The molecule has 0 saturated carbocycles. The molecule has 3 amide bonds. The van der Waals surface area contributed by atoms with Crippen LogP contribution in [0.25, 0.3) is 0 Å². The number of carboxylic acid groups (broad SMARTS) is 1. The standard InChI is InChI=1S/C23H35N3O6/c1-6-14(4)20(26-21(29)18(11-13(2)3)24-15(5)27)22(30)25-19(23(31)32)12-16-7-9-17(28)10-8-16/h7-10,13-14,18-20,28H,6,11-12H2,1-5H3,(H,24,27)(H,25,30)(H,26,29)(H,31,32)/t14-,18-,19-,20-/m0/s1. The minimum absolute atomic E-state index is 0.0182. The molecule has 0 bridgehead atoms. The van der Waals surface area contributed by atoms with Gasteiger partial charge in [-0.1, -0.05) is 46.2 Å². The lowest BCUT2D eigenvalue weighted by molar-refractivity contribution is -0.142. The molecule has 0 aromatic heterocycles. The molecule has 1 aromatic rings. The Morgan fingerprint density at radius 2 is 1.50 bits per heavy atom. The Hall–Kier alpha value is -3.10. The predicted molar refractivity (Wildman–Crippen MR) is 120 cm³/mol. The van der Waals surface area contributed by atoms with E-state index in [1.807, 2.05) is 20.8 Å². The number of carbonyl (C=O) groups excluding carboxylic acids is 3. The summed E-state index contributed by atoms with van der Waals surface area (Å²) in [6.07, 6.45) is 0.992. The molecule has 5 N–H and O–H groups in total. The number of carbonyl (C=O) groups is 4. The number of carboxylic acids is 1. The van der Waals surface area contributed by atoms with Crippen molar-refractivity contribution in [3.63, 3.8) is 0 Å². The summed E-state index contributed by atoms with van der Waals surface area (Å²) in [5.41, 5.74) is 0.627. The zero-order valence-corrected chi connectivity index (χ0v) is 19.3. The van der Waals surface area contributed by atoms with Crippen LogP contribution in [-0.4, -0.2) is 52.0 Å². The van der Waals surface area contributed by atoms with Gasteiger partial charge in [0.15, 0.2) is 0 Å². The SMILES string of the molecule is CC[C@H](C)[C@H](NC(=O)[C@H](CC(C)C)NC(C)=O)C(=O)N[C@@H](Cc1ccc(O)cc1)C(=O)O. The molecule has 9 heteroatoms. The first-order chi connectivity index (χ1) is 14.9. The fourth-order valence-electron chi connectivity index (χ4n) is 3.23. The molecule has 0 aliphatic heterocycles. The van der Waals surface area contributed by atoms with E-state index in [1.54, 1.807) is 19.1 Å². The maximum absolute atomic E-state index is 13.0. The van der Waals surface area contributed by atoms with E-state index in [0.717, 1.165) is 0 Å². The quantitative estimate of drug-likeness (QED) is 0.328. The summed E-state index contributed by atoms with van der Waals surface area (Å²) in [6, 6.07) is 3.07. The molecule has 0 saturated heterocycles. The van der Waals surface area contributed by atoms with Crippen molar-refractivity contribution in [1.82, 2.24) is 16.0 Å². The third-order valence-corrected chi connectivity index (χ3v) is 5.19. The van der Waals surface area contributed by atoms with E-state index in [4.69, 9.17) is 0 Å². The van der Waals surface area contributed by atoms with Crippen LogP contribution in [0.5, 0.6) is 5.75 Å². The molecule has 1 aromatic carbocycles. The third-order valence-electron chi connectivity index (χ3n) is 5.19. The Bertz CT molecular complexity index is 793. The van der Waals surface area contributed by atoms with Crippen LogP contribution in [0.2, 0.25) is 0 Å². The van der Waals surface area contributed by atoms with E-state index in [0.29, 0.717) is 18.4 Å². The molecule has 0 aliphatic carbocycles. The fraction of sp³-hybridized carbons (Fsp3) is 0.565. The van der Waals surface area contributed by atoms with Crippen LogP contribution in [0.4, 0.5) is 0 Å². The topological polar surface area (TPSA) is 145 Å². The normalized spacial score (nSPS) is 14.7. The number of aliphatic carboxylic acids is 1. The number of nitrogens with one attached hydrogen (secondary N) is 3. The molecule has 0 heterocycles. The molecule has 0 radical (unpaired) electrons. The molecule has 9 nitrogen and oxygen atoms in total. The van der Waals surface area contributed by atoms with E-state index in [1.165, 1.54) is 19.1 Å². The van der Waals surface area contributed by atoms with Crippen LogP contribution in [-0.2, 0) is 25.6 Å². The first-order valence-corrected chi connectivity index (χ1v) is 10.8. The van der Waals surface area contributed by atoms with Crippen LogP contribution in [0.15, 0.2) is 24.3 Å². The number of benzene rings is 1. The number of aromatic hydroxyl groups is 1. The molecular weight excluding hydrogens is 414 g/mol. The van der Waals surface area contributed by atoms with Crippen LogP contribution in [0.1, 0.15) is 53.0 Å². The summed E-state index contributed by atoms with van der Waals surface area (Å²) in [7, 11) is 0. The first kappa shape index (κ1) is 26.9. The van der Waals surface area contributed by atoms with Crippen LogP contribution >= 0.6 is 0 Å². The lowest BCUT2D eigenvalue weighted by Crippen LogP contribution is -2.58. The van der Waals surface area contributed by atoms with Gasteiger partial charge in [0.05, 0.1) is 0 Å². The minimum atomic E-state index is -1.21. The number of hydrogen-bond acceptors (Lipinski definition) is 5. The van der Waals surface area contributed by atoms with Crippen molar-refractivity contribution in [3.05, 3.63) is 29.8 Å². The van der Waals surface area contributed by atoms with Gasteiger partial charge >= 0.3 is 5.97 Å². The predicted octanol–water partition coefficient (Wildman–Crippen LogP) is 1.59. The highest BCUT2D eigenvalue weighted by Crippen LogP contribution is 2.14. The van der Waals surface area contributed by atoms with Crippen molar-refractivity contribution in [2.45, 2.75) is 72.0 Å². The Morgan fingerprint density at radius 3 is 1.97 bits per heavy atom. The van der Waals surface area contributed by atoms with Crippen LogP contribution < -0.4 is 16.0 Å². The van der Waals surface area contributed by atoms with Crippen molar-refractivity contribution in [2.75, 3.05) is 0 Å². The van der Waals surface area contributed by atoms with E-state index in [9.17, 15) is 29.4 Å². The highest BCUT2D eigenvalue weighted by molar-refractivity contribution is 5.93. The van der Waals surface area contributed by atoms with Crippen molar-refractivity contribution in [1.29, 1.82) is 0 Å². The summed E-state index contributed by atoms with van der Waals surface area (Å²) < 4.78 is 0. The molecule has 178 valence electrons. The molecule has 32 heavy (non-hydrogen) atoms. The number of phenols is 1. The highest BCUT2D eigenvalue weighted by atomic mass is 16.4. The lowest BCUT2D eigenvalue weighted by atomic mass is 9.96. The molecule has 0 aliphatic rings. The smallest absolute Gasteiger partial charge is 0.326 e. The maximum Gasteiger partial charge on any atom is 0.326 e. The largest absolute Gasteiger partial charge is 0.508 e. The monoisotopic (exact) mass is 449 g/mol. The van der Waals surface area contributed by atoms with Gasteiger partial charge in [-0.15, -0.1) is 0 Å². The van der Waals surface area contributed by atoms with Gasteiger partial charge in [0.2, 0.25) is 17.7 Å². The van der Waals surface area contributed by atoms with Gasteiger partial charge in [-0.05, 0) is 36.0 Å². The summed E-state index contributed by atoms with van der Waals surface area (Å²) in [5.74, 6) is -2.73. The first-order valence-electron chi connectivity index (χ1n) is 10.8. The second kappa shape index (κ2) is 12.7. The third kappa shape index (κ3) is 8.95. The van der Waals surface area contributed by atoms with Gasteiger partial charge in [-0.3, -0.25) is 14.4 Å². The Morgan fingerprint density at radius 1 is 0.906 bits per heavy atom. The summed E-state index contributed by atoms with van der Waals surface area (Å²) in [4.78, 5) is 49.1. The maximum atomic E-state index is 13.0. The van der Waals surface area contributed by atoms with Crippen LogP contribution in [0, 0.1) is 11.8 Å². The zero-order chi connectivity index (χ0) is 24.4. The van der Waals surface area contributed by atoms with E-state index in [2.05, 4.69) is 16.0 Å². The van der Waals surface area contributed by atoms with Gasteiger partial charge in [-0.25, -0.2) is 4.79 Å². The number of rotatable bonds is 12. The minimum Gasteiger partial charge on any atom is -0.508 e. The Balaban J connectivity index is 2.99. The second-order valence-corrected chi connectivity index (χ2v) is 8.52. The summed E-state index contributed by atoms with van der Waals surface area (Å²) in [5, 5.41) is 26.8. The number of phenolic OH excluding ortho intramolecular Hbond substituents is 1. The zero-order valence-electron chi connectivity index (χ0n) is 19.3. The molecular formula is C23H35N3O6. The van der Waals surface area contributed by atoms with E-state index >= 15 is 0 Å². The fourth-order valence-corrected chi connectivity index (χ4v) is 3.23. The molecule has 4 atom stereocenters. The summed E-state index contributed by atoms with van der Waals surface area (Å²) in [6.45, 7) is 8.81. The molecule has 1 rings (SSSR count). The molecule has 0 unspecified atom stereocenters. The van der Waals surface area contributed by atoms with E-state index in [-0.39, 0.29) is 29.9 Å². The summed E-state index contributed by atoms with van der Waals surface area (Å²) >= 11 is 0. The van der Waals surface area contributed by atoms with Gasteiger partial charge in [0.1, 0.15) is 23.9 Å². The Kier molecular flexibility index (Phi) is 10.7. The van der Waals surface area contributed by atoms with Crippen LogP contribution in [0.3, 0.4) is 0 Å². The van der Waals surface area contributed by atoms with Crippen molar-refractivity contribution < 1.29 is 29.4 Å². The molecule has 0 spiro atoms. The van der Waals surface area contributed by atoms with Gasteiger partial charge in [0, 0.05) is 13.3 Å². The van der Waals surface area contributed by atoms with Gasteiger partial charge in [0.25, 0.3) is 0 Å². The Labute approximate surface area is 189 Å². The number of hydrogen-bond donors (Lipinski definition) is 5. The average Bonchev–Trinajstić information content (AvgIpc) is 2.70. The van der Waals surface area contributed by atoms with Gasteiger partial charge in [-0.2, -0.15) is 0 Å². The highest BCUT2D eigenvalue weighted by Gasteiger charge is 2.32. The van der Waals surface area contributed by atoms with Gasteiger partial charge < -0.3 is 26.2 Å². The lowest BCUT2D eigenvalue weighted by Gasteiger charge is -2.28. The van der Waals surface area contributed by atoms with Crippen molar-refractivity contribution in [3.8, 4) is 5.75 Å². The average molecular weight is 450 g/mol. The van der Waals surface area contributed by atoms with Crippen molar-refractivity contribution in [2.24, 2.45) is 11.8 Å². The second-order valence-electron chi connectivity index (χ2n) is 8.52. The van der Waals surface area contributed by atoms with E-state index < -0.39 is 35.9 Å². The molecule has 0 fully saturated rings.